The third-order valence-electron chi connectivity index (χ3n) is 5.34. The molecule has 0 fully saturated rings. The van der Waals surface area contributed by atoms with Crippen LogP contribution in [-0.4, -0.2) is 0 Å². The minimum Gasteiger partial charge on any atom is -0.206 e. The molecule has 0 aromatic heterocycles. The molecule has 0 atom stereocenters. The lowest BCUT2D eigenvalue weighted by atomic mass is 9.82. The maximum Gasteiger partial charge on any atom is 0.419 e. The molecule has 0 nitrogen and oxygen atoms in total. The molecule has 0 unspecified atom stereocenters. The molecule has 0 radical (unpaired) electrons. The number of fused-ring (bicyclic) bond motifs is 3. The van der Waals surface area contributed by atoms with Crippen LogP contribution in [0.1, 0.15) is 29.2 Å². The van der Waals surface area contributed by atoms with Crippen LogP contribution in [-0.2, 0) is 25.4 Å². The Labute approximate surface area is 159 Å². The van der Waals surface area contributed by atoms with Crippen molar-refractivity contribution in [3.63, 3.8) is 0 Å². The summed E-state index contributed by atoms with van der Waals surface area (Å²) in [5.74, 6) is -1.90. The van der Waals surface area contributed by atoms with E-state index < -0.39 is 23.4 Å². The summed E-state index contributed by atoms with van der Waals surface area (Å²) in [6.45, 7) is 2.08. The molecule has 0 amide bonds. The summed E-state index contributed by atoms with van der Waals surface area (Å²) in [6, 6.07) is 11.9. The van der Waals surface area contributed by atoms with Crippen LogP contribution < -0.4 is 0 Å². The second kappa shape index (κ2) is 6.73. The maximum absolute atomic E-state index is 15.2. The van der Waals surface area contributed by atoms with Crippen molar-refractivity contribution in [2.24, 2.45) is 0 Å². The standard InChI is InChI=1S/C23H17F5/c1-2-13-3-6-16-14(11-13)4-7-19-18(16)9-8-17(22(19)25)15-5-10-20(21(24)12-15)23(26,27)28/h3,5-6,8-12H,2,4,7H2,1H3. The second-order valence-electron chi connectivity index (χ2n) is 6.99. The Kier molecular flexibility index (Phi) is 4.48. The SMILES string of the molecule is CCc1ccc2c(c1)CCc1c-2ccc(-c2ccc(C(F)(F)F)c(F)c2)c1F. The first-order valence-corrected chi connectivity index (χ1v) is 9.10. The number of alkyl halides is 3. The van der Waals surface area contributed by atoms with E-state index in [-0.39, 0.29) is 11.1 Å². The first-order valence-electron chi connectivity index (χ1n) is 9.10. The van der Waals surface area contributed by atoms with E-state index in [1.165, 1.54) is 17.2 Å². The van der Waals surface area contributed by atoms with E-state index in [1.807, 2.05) is 12.1 Å². The van der Waals surface area contributed by atoms with Crippen LogP contribution in [0.4, 0.5) is 22.0 Å². The first kappa shape index (κ1) is 18.7. The van der Waals surface area contributed by atoms with Gasteiger partial charge in [-0.1, -0.05) is 43.3 Å². The number of rotatable bonds is 2. The smallest absolute Gasteiger partial charge is 0.206 e. The highest BCUT2D eigenvalue weighted by atomic mass is 19.4. The first-order chi connectivity index (χ1) is 13.3. The Morgan fingerprint density at radius 1 is 0.821 bits per heavy atom. The molecule has 144 valence electrons. The average molecular weight is 388 g/mol. The normalized spacial score (nSPS) is 13.2. The number of halogens is 5. The zero-order valence-corrected chi connectivity index (χ0v) is 15.1. The van der Waals surface area contributed by atoms with E-state index in [9.17, 15) is 17.6 Å². The van der Waals surface area contributed by atoms with E-state index in [0.29, 0.717) is 24.5 Å². The quantitative estimate of drug-likeness (QED) is 0.416. The highest BCUT2D eigenvalue weighted by Crippen LogP contribution is 2.40. The third kappa shape index (κ3) is 3.09. The molecule has 1 aliphatic carbocycles. The third-order valence-corrected chi connectivity index (χ3v) is 5.34. The molecule has 0 spiro atoms. The molecule has 0 N–H and O–H groups in total. The Morgan fingerprint density at radius 2 is 1.54 bits per heavy atom. The van der Waals surface area contributed by atoms with Crippen LogP contribution in [0.25, 0.3) is 22.3 Å². The van der Waals surface area contributed by atoms with Crippen molar-refractivity contribution < 1.29 is 22.0 Å². The fourth-order valence-corrected chi connectivity index (χ4v) is 3.85. The van der Waals surface area contributed by atoms with Gasteiger partial charge in [0, 0.05) is 5.56 Å². The largest absolute Gasteiger partial charge is 0.419 e. The highest BCUT2D eigenvalue weighted by Gasteiger charge is 2.34. The van der Waals surface area contributed by atoms with Crippen LogP contribution in [0, 0.1) is 11.6 Å². The van der Waals surface area contributed by atoms with Gasteiger partial charge in [0.1, 0.15) is 11.6 Å². The lowest BCUT2D eigenvalue weighted by Gasteiger charge is -2.22. The van der Waals surface area contributed by atoms with Crippen LogP contribution in [0.3, 0.4) is 0 Å². The molecule has 1 aliphatic rings. The van der Waals surface area contributed by atoms with E-state index in [0.717, 1.165) is 29.7 Å². The number of benzene rings is 3. The van der Waals surface area contributed by atoms with Gasteiger partial charge in [-0.2, -0.15) is 13.2 Å². The summed E-state index contributed by atoms with van der Waals surface area (Å²) in [5, 5.41) is 0. The Hall–Kier alpha value is -2.69. The molecule has 4 rings (SSSR count). The highest BCUT2D eigenvalue weighted by molar-refractivity contribution is 5.78. The van der Waals surface area contributed by atoms with E-state index in [2.05, 4.69) is 13.0 Å². The van der Waals surface area contributed by atoms with Gasteiger partial charge in [-0.05, 0) is 64.8 Å². The molecule has 3 aromatic carbocycles. The van der Waals surface area contributed by atoms with Crippen LogP contribution in [0.5, 0.6) is 0 Å². The molecule has 0 aliphatic heterocycles. The van der Waals surface area contributed by atoms with Crippen LogP contribution >= 0.6 is 0 Å². The van der Waals surface area contributed by atoms with Crippen molar-refractivity contribution in [1.29, 1.82) is 0 Å². The zero-order valence-electron chi connectivity index (χ0n) is 15.1. The van der Waals surface area contributed by atoms with Gasteiger partial charge < -0.3 is 0 Å². The van der Waals surface area contributed by atoms with Gasteiger partial charge in [0.2, 0.25) is 0 Å². The number of hydrogen-bond donors (Lipinski definition) is 0. The topological polar surface area (TPSA) is 0 Å². The molecule has 0 bridgehead atoms. The maximum atomic E-state index is 15.2. The molecule has 5 heteroatoms. The van der Waals surface area contributed by atoms with Gasteiger partial charge in [-0.15, -0.1) is 0 Å². The fraction of sp³-hybridized carbons (Fsp3) is 0.217. The molecule has 3 aromatic rings. The van der Waals surface area contributed by atoms with Gasteiger partial charge >= 0.3 is 6.18 Å². The molecule has 0 saturated carbocycles. The number of aryl methyl sites for hydroxylation is 2. The van der Waals surface area contributed by atoms with E-state index >= 15 is 4.39 Å². The van der Waals surface area contributed by atoms with Crippen molar-refractivity contribution >= 4 is 0 Å². The van der Waals surface area contributed by atoms with Gasteiger partial charge in [-0.3, -0.25) is 0 Å². The molecular formula is C23H17F5. The summed E-state index contributed by atoms with van der Waals surface area (Å²) >= 11 is 0. The Balaban J connectivity index is 1.79. The second-order valence-corrected chi connectivity index (χ2v) is 6.99. The van der Waals surface area contributed by atoms with Gasteiger partial charge in [0.15, 0.2) is 0 Å². The van der Waals surface area contributed by atoms with Crippen LogP contribution in [0.2, 0.25) is 0 Å². The summed E-state index contributed by atoms with van der Waals surface area (Å²) in [4.78, 5) is 0. The molecule has 28 heavy (non-hydrogen) atoms. The number of hydrogen-bond acceptors (Lipinski definition) is 0. The van der Waals surface area contributed by atoms with Crippen LogP contribution in [0.15, 0.2) is 48.5 Å². The minimum atomic E-state index is -4.78. The minimum absolute atomic E-state index is 0.0953. The van der Waals surface area contributed by atoms with Crippen molar-refractivity contribution in [2.75, 3.05) is 0 Å². The monoisotopic (exact) mass is 388 g/mol. The predicted octanol–water partition coefficient (Wildman–Crippen LogP) is 6.98. The summed E-state index contributed by atoms with van der Waals surface area (Å²) in [6.07, 6.45) is -2.67. The van der Waals surface area contributed by atoms with Gasteiger partial charge in [-0.25, -0.2) is 8.78 Å². The fourth-order valence-electron chi connectivity index (χ4n) is 3.85. The molecule has 0 heterocycles. The van der Waals surface area contributed by atoms with Gasteiger partial charge in [0.05, 0.1) is 5.56 Å². The van der Waals surface area contributed by atoms with Crippen molar-refractivity contribution in [3.05, 3.63) is 82.4 Å². The Morgan fingerprint density at radius 3 is 2.21 bits per heavy atom. The summed E-state index contributed by atoms with van der Waals surface area (Å²) in [7, 11) is 0. The summed E-state index contributed by atoms with van der Waals surface area (Å²) in [5.41, 5.74) is 3.53. The lowest BCUT2D eigenvalue weighted by molar-refractivity contribution is -0.139. The van der Waals surface area contributed by atoms with Crippen molar-refractivity contribution in [2.45, 2.75) is 32.4 Å². The lowest BCUT2D eigenvalue weighted by Crippen LogP contribution is -2.09. The molecular weight excluding hydrogens is 371 g/mol. The zero-order chi connectivity index (χ0) is 20.1. The Bertz CT molecular complexity index is 1060. The van der Waals surface area contributed by atoms with Gasteiger partial charge in [0.25, 0.3) is 0 Å². The summed E-state index contributed by atoms with van der Waals surface area (Å²) < 4.78 is 67.4. The van der Waals surface area contributed by atoms with E-state index in [4.69, 9.17) is 0 Å². The predicted molar refractivity (Wildman–Crippen MR) is 99.0 cm³/mol. The van der Waals surface area contributed by atoms with Crippen molar-refractivity contribution in [1.82, 2.24) is 0 Å². The van der Waals surface area contributed by atoms with E-state index in [1.54, 1.807) is 6.07 Å². The average Bonchev–Trinajstić information content (AvgIpc) is 2.66. The molecule has 0 saturated heterocycles. The van der Waals surface area contributed by atoms with Crippen molar-refractivity contribution in [3.8, 4) is 22.3 Å².